The molecule has 2 aliphatic carbocycles. The average molecular weight is 1610 g/mol. The van der Waals surface area contributed by atoms with Gasteiger partial charge in [0.15, 0.2) is 37.0 Å². The molecule has 1 amide bonds. The highest BCUT2D eigenvalue weighted by molar-refractivity contribution is 5.91. The Balaban J connectivity index is 1.32. The monoisotopic (exact) mass is 1610 g/mol. The fourth-order valence-electron chi connectivity index (χ4n) is 14.5. The van der Waals surface area contributed by atoms with Crippen molar-refractivity contribution in [3.8, 4) is 0 Å². The predicted octanol–water partition coefficient (Wildman–Crippen LogP) is 8.69. The number of nitrogens with zero attached hydrogens (tertiary/aromatic N) is 3. The molecule has 4 aromatic rings. The zero-order valence-corrected chi connectivity index (χ0v) is 66.7. The number of hydrogen-bond acceptors (Lipinski definition) is 30. The molecule has 0 bridgehead atoms. The maximum Gasteiger partial charge on any atom is 0.366 e. The largest absolute Gasteiger partial charge is 0.469 e. The Labute approximate surface area is 666 Å². The van der Waals surface area contributed by atoms with E-state index in [1.54, 1.807) is 43.5 Å². The highest BCUT2D eigenvalue weighted by atomic mass is 19.1. The lowest BCUT2D eigenvalue weighted by molar-refractivity contribution is -0.379. The second-order valence-electron chi connectivity index (χ2n) is 28.8. The molecule has 3 aromatic carbocycles. The van der Waals surface area contributed by atoms with Crippen molar-refractivity contribution in [2.75, 3.05) is 47.3 Å². The number of ether oxygens (including phenoxy) is 18. The van der Waals surface area contributed by atoms with Crippen LogP contribution in [-0.4, -0.2) is 232 Å². The summed E-state index contributed by atoms with van der Waals surface area (Å²) in [7, 11) is 2.08. The second-order valence-corrected chi connectivity index (χ2v) is 28.8. The minimum absolute atomic E-state index is 0.0216. The Morgan fingerprint density at radius 3 is 1.73 bits per heavy atom. The number of esters is 9. The number of nitrogens with one attached hydrogen (secondary N) is 1. The quantitative estimate of drug-likeness (QED) is 0.0250. The molecule has 19 unspecified atom stereocenters. The molecule has 3 aliphatic heterocycles. The van der Waals surface area contributed by atoms with E-state index in [1.165, 1.54) is 84.6 Å². The maximum atomic E-state index is 15.8. The van der Waals surface area contributed by atoms with Crippen LogP contribution in [0.5, 0.6) is 0 Å². The molecule has 0 spiro atoms. The smallest absolute Gasteiger partial charge is 0.366 e. The average Bonchev–Trinajstić information content (AvgIpc) is 0.971. The van der Waals surface area contributed by atoms with Gasteiger partial charge in [-0.1, -0.05) is 107 Å². The van der Waals surface area contributed by atoms with Crippen molar-refractivity contribution in [2.24, 2.45) is 11.8 Å². The molecule has 9 rings (SSSR count). The molecule has 1 N–H and O–H groups in total. The van der Waals surface area contributed by atoms with Crippen LogP contribution >= 0.6 is 0 Å². The van der Waals surface area contributed by atoms with Crippen molar-refractivity contribution >= 4 is 65.2 Å². The summed E-state index contributed by atoms with van der Waals surface area (Å²) < 4.78 is 134. The number of hydrogen-bond donors (Lipinski definition) is 1. The van der Waals surface area contributed by atoms with E-state index in [2.05, 4.69) is 15.6 Å². The van der Waals surface area contributed by atoms with E-state index in [0.717, 1.165) is 54.6 Å². The Morgan fingerprint density at radius 2 is 1.18 bits per heavy atom. The molecule has 0 radical (unpaired) electrons. The SMILES string of the molecule is CCCCOC1C(C)OC(OC2C(OC3OC(COC(=O)c4ccccc4)C(OC(=O)c4ccccc4)C(OC4(C(=O)OC)CC(OC(C)=O)C(NC(C)=O)C([C@H](OC(C)=O)[C@@H](COC(C)=O)OC(C)=O)O4)C3OC(=O)c3ccccc3)CC(C(=O)OC)CC2n2cc(C3=CC(F)=CC(C)C3)nn2)C(OCCCC)C1OCCCC. The van der Waals surface area contributed by atoms with Crippen LogP contribution in [-0.2, 0) is 119 Å². The van der Waals surface area contributed by atoms with Crippen LogP contribution < -0.4 is 5.32 Å². The third-order valence-electron chi connectivity index (χ3n) is 19.9. The lowest BCUT2D eigenvalue weighted by atomic mass is 9.81. The van der Waals surface area contributed by atoms with Crippen molar-refractivity contribution in [3.05, 3.63) is 138 Å². The minimum atomic E-state index is -3.25. The molecular formula is C82H105FN4O28. The van der Waals surface area contributed by atoms with Crippen LogP contribution in [0.4, 0.5) is 4.39 Å². The Kier molecular flexibility index (Phi) is 33.4. The van der Waals surface area contributed by atoms with Crippen LogP contribution in [0.2, 0.25) is 0 Å². The van der Waals surface area contributed by atoms with Gasteiger partial charge in [-0.15, -0.1) is 5.10 Å². The van der Waals surface area contributed by atoms with E-state index >= 15 is 18.8 Å². The van der Waals surface area contributed by atoms with E-state index < -0.39 is 207 Å². The Morgan fingerprint density at radius 1 is 0.609 bits per heavy atom. The normalized spacial score (nSPS) is 28.5. The van der Waals surface area contributed by atoms with Gasteiger partial charge >= 0.3 is 53.7 Å². The van der Waals surface area contributed by atoms with Gasteiger partial charge < -0.3 is 90.6 Å². The molecule has 21 atom stereocenters. The summed E-state index contributed by atoms with van der Waals surface area (Å²) in [5, 5.41) is 11.9. The van der Waals surface area contributed by atoms with Gasteiger partial charge in [0.1, 0.15) is 73.6 Å². The summed E-state index contributed by atoms with van der Waals surface area (Å²) in [5.41, 5.74) is 0.521. The second kappa shape index (κ2) is 43.0. The summed E-state index contributed by atoms with van der Waals surface area (Å²) in [5.74, 6) is -15.7. The van der Waals surface area contributed by atoms with Crippen molar-refractivity contribution in [1.29, 1.82) is 0 Å². The first kappa shape index (κ1) is 89.5. The molecule has 5 aliphatic rings. The third kappa shape index (κ3) is 24.1. The van der Waals surface area contributed by atoms with Crippen LogP contribution in [0.3, 0.4) is 0 Å². The first-order valence-corrected chi connectivity index (χ1v) is 38.8. The van der Waals surface area contributed by atoms with E-state index in [9.17, 15) is 33.6 Å². The van der Waals surface area contributed by atoms with Gasteiger partial charge in [-0.3, -0.25) is 28.8 Å². The van der Waals surface area contributed by atoms with Gasteiger partial charge in [0.05, 0.1) is 73.7 Å². The molecule has 32 nitrogen and oxygen atoms in total. The maximum absolute atomic E-state index is 15.8. The molecule has 1 aromatic heterocycles. The molecule has 33 heteroatoms. The van der Waals surface area contributed by atoms with Gasteiger partial charge in [0, 0.05) is 54.4 Å². The van der Waals surface area contributed by atoms with E-state index in [1.807, 2.05) is 27.7 Å². The number of unbranched alkanes of at least 4 members (excludes halogenated alkanes) is 3. The van der Waals surface area contributed by atoms with Crippen molar-refractivity contribution in [1.82, 2.24) is 20.3 Å². The van der Waals surface area contributed by atoms with Crippen molar-refractivity contribution in [2.45, 2.75) is 249 Å². The summed E-state index contributed by atoms with van der Waals surface area (Å²) in [6.07, 6.45) is -19.5. The topological polar surface area (TPSA) is 380 Å². The number of allylic oxidation sites excluding steroid dienone is 4. The van der Waals surface area contributed by atoms with Gasteiger partial charge in [-0.2, -0.15) is 0 Å². The molecular weight excluding hydrogens is 1510 g/mol. The van der Waals surface area contributed by atoms with Crippen LogP contribution in [0.15, 0.2) is 115 Å². The highest BCUT2D eigenvalue weighted by Crippen LogP contribution is 2.46. The van der Waals surface area contributed by atoms with Gasteiger partial charge in [0.25, 0.3) is 5.79 Å². The van der Waals surface area contributed by atoms with Gasteiger partial charge in [-0.25, -0.2) is 28.3 Å². The highest BCUT2D eigenvalue weighted by Gasteiger charge is 2.65. The Hall–Kier alpha value is -9.45. The first-order chi connectivity index (χ1) is 55.2. The first-order valence-electron chi connectivity index (χ1n) is 38.8. The summed E-state index contributed by atoms with van der Waals surface area (Å²) in [4.78, 5) is 142. The summed E-state index contributed by atoms with van der Waals surface area (Å²) in [6.45, 7) is 13.6. The fraction of sp³-hybridized carbons (Fsp3) is 0.585. The van der Waals surface area contributed by atoms with Crippen LogP contribution in [0.25, 0.3) is 5.57 Å². The fourth-order valence-corrected chi connectivity index (χ4v) is 14.5. The summed E-state index contributed by atoms with van der Waals surface area (Å²) in [6, 6.07) is 19.6. The number of methoxy groups -OCH3 is 2. The number of rotatable bonds is 37. The molecule has 3 saturated heterocycles. The number of halogens is 1. The van der Waals surface area contributed by atoms with Gasteiger partial charge in [-0.05, 0) is 105 Å². The zero-order chi connectivity index (χ0) is 83.0. The predicted molar refractivity (Wildman–Crippen MR) is 399 cm³/mol. The minimum Gasteiger partial charge on any atom is -0.469 e. The Bertz CT molecular complexity index is 3980. The standard InChI is InChI=1S/C82H105FN4O28/c1-13-16-34-100-66-47(5)105-79(73(102-36-18-15-3)71(66)101-35-17-14-2)113-67-60(87-43-59(85-86-87)56-37-46(4)38-58(83)39-56)40-57(75(93)98-11)41-61(67)109-80-74(112-78(96)55-32-26-21-27-33-55)72(69(111-77(95)54-30-24-20-25-31-54)64(110-80)45-104-76(94)53-28-22-19-23-29-53)115-82(81(97)99-12)42-62(106-50(8)90)65(84-48(6)88)70(114-82)68(108-52(10)92)63(107-51(9)91)44-103-49(7)89/h19-33,38-39,43,46-47,57,60-74,79-80H,13-18,34-37,40-42,44-45H2,1-12H3,(H,84,88)/t46?,47?,57?,60?,61?,62?,63-,64?,65?,66?,67?,68-,69?,70?,71?,72?,73?,74?,79?,80?,82?/m1/s1. The molecule has 1 saturated carbocycles. The third-order valence-corrected chi connectivity index (χ3v) is 19.9. The zero-order valence-electron chi connectivity index (χ0n) is 66.7. The lowest BCUT2D eigenvalue weighted by Gasteiger charge is -2.52. The summed E-state index contributed by atoms with van der Waals surface area (Å²) >= 11 is 0. The number of amides is 1. The number of aromatic nitrogens is 3. The lowest BCUT2D eigenvalue weighted by Crippen LogP contribution is -2.72. The van der Waals surface area contributed by atoms with Crippen molar-refractivity contribution < 1.29 is 138 Å². The molecule has 628 valence electrons. The van der Waals surface area contributed by atoms with E-state index in [0.29, 0.717) is 44.3 Å². The molecule has 4 fully saturated rings. The van der Waals surface area contributed by atoms with Gasteiger partial charge in [0.2, 0.25) is 5.91 Å². The van der Waals surface area contributed by atoms with Crippen LogP contribution in [0, 0.1) is 11.8 Å². The molecule has 4 heterocycles. The van der Waals surface area contributed by atoms with E-state index in [4.69, 9.17) is 85.3 Å². The number of benzene rings is 3. The van der Waals surface area contributed by atoms with Crippen molar-refractivity contribution in [3.63, 3.8) is 0 Å². The number of carbonyl (C=O) groups excluding carboxylic acids is 10. The number of carbonyl (C=O) groups is 10. The van der Waals surface area contributed by atoms with E-state index in [-0.39, 0.29) is 54.4 Å². The molecule has 115 heavy (non-hydrogen) atoms. The van der Waals surface area contributed by atoms with Crippen LogP contribution in [0.1, 0.15) is 176 Å².